The molecule has 1 saturated heterocycles. The molecule has 18 heavy (non-hydrogen) atoms. The average Bonchev–Trinajstić information content (AvgIpc) is 2.78. The van der Waals surface area contributed by atoms with Crippen LogP contribution in [0.4, 0.5) is 4.79 Å². The molecule has 1 aliphatic rings. The number of carbonyl (C=O) groups excluding carboxylic acids is 2. The van der Waals surface area contributed by atoms with Gasteiger partial charge in [-0.15, -0.1) is 0 Å². The summed E-state index contributed by atoms with van der Waals surface area (Å²) < 4.78 is 9.98. The first-order chi connectivity index (χ1) is 8.72. The van der Waals surface area contributed by atoms with Gasteiger partial charge >= 0.3 is 12.1 Å². The number of amides is 1. The average molecular weight is 249 g/mol. The molecule has 1 aromatic rings. The van der Waals surface area contributed by atoms with Crippen LogP contribution in [0, 0.1) is 0 Å². The van der Waals surface area contributed by atoms with E-state index < -0.39 is 12.1 Å². The Hall–Kier alpha value is -2.04. The standard InChI is InChI=1S/C13H15NO4/c1-2-11-12(15)18-9-14(11)13(16)17-8-10-6-4-3-5-7-10/h3-7,11H,2,8-9H2,1H3. The van der Waals surface area contributed by atoms with E-state index in [1.165, 1.54) is 4.90 Å². The van der Waals surface area contributed by atoms with Crippen LogP contribution in [0.5, 0.6) is 0 Å². The van der Waals surface area contributed by atoms with Crippen LogP contribution in [0.15, 0.2) is 30.3 Å². The molecule has 0 N–H and O–H groups in total. The predicted molar refractivity (Wildman–Crippen MR) is 63.5 cm³/mol. The van der Waals surface area contributed by atoms with Crippen LogP contribution in [-0.2, 0) is 20.9 Å². The summed E-state index contributed by atoms with van der Waals surface area (Å²) >= 11 is 0. The van der Waals surface area contributed by atoms with Crippen LogP contribution in [0.1, 0.15) is 18.9 Å². The zero-order chi connectivity index (χ0) is 13.0. The highest BCUT2D eigenvalue weighted by atomic mass is 16.6. The lowest BCUT2D eigenvalue weighted by Gasteiger charge is -2.18. The van der Waals surface area contributed by atoms with Crippen LogP contribution in [0.25, 0.3) is 0 Å². The van der Waals surface area contributed by atoms with Gasteiger partial charge in [0.15, 0.2) is 6.73 Å². The van der Waals surface area contributed by atoms with Crippen molar-refractivity contribution in [2.45, 2.75) is 26.0 Å². The minimum Gasteiger partial charge on any atom is -0.444 e. The molecular weight excluding hydrogens is 234 g/mol. The number of hydrogen-bond acceptors (Lipinski definition) is 4. The molecule has 96 valence electrons. The fourth-order valence-electron chi connectivity index (χ4n) is 1.82. The van der Waals surface area contributed by atoms with Crippen LogP contribution in [0.2, 0.25) is 0 Å². The van der Waals surface area contributed by atoms with E-state index in [9.17, 15) is 9.59 Å². The Bertz CT molecular complexity index is 432. The molecule has 0 radical (unpaired) electrons. The van der Waals surface area contributed by atoms with Crippen molar-refractivity contribution in [1.82, 2.24) is 4.90 Å². The lowest BCUT2D eigenvalue weighted by Crippen LogP contribution is -2.37. The van der Waals surface area contributed by atoms with Crippen LogP contribution >= 0.6 is 0 Å². The highest BCUT2D eigenvalue weighted by Gasteiger charge is 2.37. The molecular formula is C13H15NO4. The number of hydrogen-bond donors (Lipinski definition) is 0. The van der Waals surface area contributed by atoms with Gasteiger partial charge in [-0.25, -0.2) is 9.59 Å². The molecule has 1 unspecified atom stereocenters. The van der Waals surface area contributed by atoms with E-state index in [-0.39, 0.29) is 19.3 Å². The smallest absolute Gasteiger partial charge is 0.413 e. The van der Waals surface area contributed by atoms with Crippen molar-refractivity contribution >= 4 is 12.1 Å². The second kappa shape index (κ2) is 5.53. The number of cyclic esters (lactones) is 1. The van der Waals surface area contributed by atoms with Crippen LogP contribution in [-0.4, -0.2) is 29.7 Å². The molecule has 2 rings (SSSR count). The molecule has 0 aromatic heterocycles. The van der Waals surface area contributed by atoms with Crippen molar-refractivity contribution in [3.8, 4) is 0 Å². The van der Waals surface area contributed by atoms with Gasteiger partial charge in [-0.1, -0.05) is 37.3 Å². The van der Waals surface area contributed by atoms with Crippen molar-refractivity contribution in [3.63, 3.8) is 0 Å². The Kier molecular flexibility index (Phi) is 3.82. The van der Waals surface area contributed by atoms with Gasteiger partial charge in [-0.2, -0.15) is 0 Å². The zero-order valence-electron chi connectivity index (χ0n) is 10.2. The Labute approximate surface area is 105 Å². The summed E-state index contributed by atoms with van der Waals surface area (Å²) in [7, 11) is 0. The maximum absolute atomic E-state index is 11.8. The third-order valence-electron chi connectivity index (χ3n) is 2.82. The van der Waals surface area contributed by atoms with Crippen LogP contribution < -0.4 is 0 Å². The molecule has 5 heteroatoms. The monoisotopic (exact) mass is 249 g/mol. The maximum atomic E-state index is 11.8. The molecule has 1 aromatic carbocycles. The lowest BCUT2D eigenvalue weighted by molar-refractivity contribution is -0.139. The van der Waals surface area contributed by atoms with E-state index in [1.54, 1.807) is 0 Å². The van der Waals surface area contributed by atoms with Gasteiger partial charge in [0.1, 0.15) is 12.6 Å². The minimum absolute atomic E-state index is 0.0229. The first kappa shape index (κ1) is 12.4. The Morgan fingerprint density at radius 2 is 2.17 bits per heavy atom. The van der Waals surface area contributed by atoms with Gasteiger partial charge in [-0.05, 0) is 12.0 Å². The lowest BCUT2D eigenvalue weighted by atomic mass is 10.2. The second-order valence-electron chi connectivity index (χ2n) is 4.03. The number of esters is 1. The second-order valence-corrected chi connectivity index (χ2v) is 4.03. The number of rotatable bonds is 3. The van der Waals surface area contributed by atoms with Crippen molar-refractivity contribution in [2.24, 2.45) is 0 Å². The topological polar surface area (TPSA) is 55.8 Å². The Morgan fingerprint density at radius 3 is 2.83 bits per heavy atom. The fourth-order valence-corrected chi connectivity index (χ4v) is 1.82. The summed E-state index contributed by atoms with van der Waals surface area (Å²) in [6.45, 7) is 2.00. The van der Waals surface area contributed by atoms with Crippen molar-refractivity contribution in [1.29, 1.82) is 0 Å². The van der Waals surface area contributed by atoms with E-state index in [4.69, 9.17) is 9.47 Å². The van der Waals surface area contributed by atoms with Gasteiger partial charge in [-0.3, -0.25) is 4.90 Å². The van der Waals surface area contributed by atoms with E-state index in [0.717, 1.165) is 5.56 Å². The summed E-state index contributed by atoms with van der Waals surface area (Å²) in [5.74, 6) is -0.367. The number of carbonyl (C=O) groups is 2. The van der Waals surface area contributed by atoms with Crippen molar-refractivity contribution in [3.05, 3.63) is 35.9 Å². The summed E-state index contributed by atoms with van der Waals surface area (Å²) in [5, 5.41) is 0. The number of ether oxygens (including phenoxy) is 2. The molecule has 1 fully saturated rings. The first-order valence-corrected chi connectivity index (χ1v) is 5.86. The third kappa shape index (κ3) is 2.61. The molecule has 0 saturated carbocycles. The van der Waals surface area contributed by atoms with Gasteiger partial charge < -0.3 is 9.47 Å². The third-order valence-corrected chi connectivity index (χ3v) is 2.82. The molecule has 0 bridgehead atoms. The number of benzene rings is 1. The van der Waals surface area contributed by atoms with E-state index in [2.05, 4.69) is 0 Å². The minimum atomic E-state index is -0.520. The zero-order valence-corrected chi connectivity index (χ0v) is 10.2. The van der Waals surface area contributed by atoms with E-state index >= 15 is 0 Å². The molecule has 0 spiro atoms. The fraction of sp³-hybridized carbons (Fsp3) is 0.385. The normalized spacial score (nSPS) is 18.6. The summed E-state index contributed by atoms with van der Waals surface area (Å²) in [6.07, 6.45) is 0.00997. The van der Waals surface area contributed by atoms with Gasteiger partial charge in [0.2, 0.25) is 0 Å². The van der Waals surface area contributed by atoms with Gasteiger partial charge in [0.05, 0.1) is 0 Å². The molecule has 5 nitrogen and oxygen atoms in total. The molecule has 1 heterocycles. The largest absolute Gasteiger partial charge is 0.444 e. The van der Waals surface area contributed by atoms with Gasteiger partial charge in [0.25, 0.3) is 0 Å². The quantitative estimate of drug-likeness (QED) is 0.768. The predicted octanol–water partition coefficient (Wildman–Crippen LogP) is 1.92. The number of nitrogens with zero attached hydrogens (tertiary/aromatic N) is 1. The highest BCUT2D eigenvalue weighted by Crippen LogP contribution is 2.16. The summed E-state index contributed by atoms with van der Waals surface area (Å²) in [4.78, 5) is 24.4. The van der Waals surface area contributed by atoms with Crippen molar-refractivity contribution in [2.75, 3.05) is 6.73 Å². The molecule has 1 aliphatic heterocycles. The SMILES string of the molecule is CCC1C(=O)OCN1C(=O)OCc1ccccc1. The molecule has 1 atom stereocenters. The molecule has 1 amide bonds. The molecule has 0 aliphatic carbocycles. The van der Waals surface area contributed by atoms with Crippen LogP contribution in [0.3, 0.4) is 0 Å². The summed E-state index contributed by atoms with van der Waals surface area (Å²) in [5.41, 5.74) is 0.908. The Morgan fingerprint density at radius 1 is 1.44 bits per heavy atom. The van der Waals surface area contributed by atoms with E-state index in [1.807, 2.05) is 37.3 Å². The Balaban J connectivity index is 1.90. The van der Waals surface area contributed by atoms with Crippen molar-refractivity contribution < 1.29 is 19.1 Å². The highest BCUT2D eigenvalue weighted by molar-refractivity contribution is 5.83. The van der Waals surface area contributed by atoms with Gasteiger partial charge in [0, 0.05) is 0 Å². The summed E-state index contributed by atoms with van der Waals surface area (Å²) in [6, 6.07) is 8.87. The first-order valence-electron chi connectivity index (χ1n) is 5.86. The van der Waals surface area contributed by atoms with E-state index in [0.29, 0.717) is 6.42 Å². The maximum Gasteiger partial charge on any atom is 0.413 e.